The molecule has 0 bridgehead atoms. The van der Waals surface area contributed by atoms with E-state index < -0.39 is 7.04 Å². The third kappa shape index (κ3) is 5.62. The second-order valence-corrected chi connectivity index (χ2v) is 4.86. The minimum Gasteiger partial charge on any atom is -0.497 e. The fourth-order valence-electron chi connectivity index (χ4n) is 2.28. The van der Waals surface area contributed by atoms with Gasteiger partial charge < -0.3 is 14.7 Å². The van der Waals surface area contributed by atoms with Gasteiger partial charge in [-0.15, -0.1) is 0 Å². The molecule has 1 N–H and O–H groups in total. The molecule has 0 radical (unpaired) electrons. The third-order valence-corrected chi connectivity index (χ3v) is 3.46. The van der Waals surface area contributed by atoms with Crippen LogP contribution in [0.25, 0.3) is 0 Å². The average Bonchev–Trinajstić information content (AvgIpc) is 2.44. The molecule has 0 saturated heterocycles. The number of rotatable bonds is 9. The van der Waals surface area contributed by atoms with Crippen molar-refractivity contribution < 1.29 is 14.0 Å². The Labute approximate surface area is 121 Å². The molecule has 3 nitrogen and oxygen atoms in total. The summed E-state index contributed by atoms with van der Waals surface area (Å²) in [4.78, 5) is 2.39. The Bertz CT molecular complexity index is 420. The topological polar surface area (TPSA) is 32.7 Å². The molecule has 0 aromatic heterocycles. The number of methoxy groups -OCH3 is 1. The zero-order valence-corrected chi connectivity index (χ0v) is 11.9. The minimum absolute atomic E-state index is 0.247. The molecule has 1 aromatic carbocycles. The van der Waals surface area contributed by atoms with Crippen LogP contribution >= 0.6 is 0 Å². The van der Waals surface area contributed by atoms with Crippen LogP contribution < -0.4 is 4.74 Å². The van der Waals surface area contributed by atoms with E-state index >= 15 is 0 Å². The number of unbranched alkanes of at least 4 members (excludes halogenated alkanes) is 1. The van der Waals surface area contributed by atoms with Gasteiger partial charge in [0.1, 0.15) is 5.75 Å². The molecule has 0 spiro atoms. The Morgan fingerprint density at radius 1 is 1.32 bits per heavy atom. The molecular weight excluding hydrogens is 238 g/mol. The van der Waals surface area contributed by atoms with Gasteiger partial charge in [0.15, 0.2) is 0 Å². The van der Waals surface area contributed by atoms with Crippen LogP contribution in [0.3, 0.4) is 0 Å². The molecule has 3 heteroatoms. The number of likely N-dealkylation sites (N-methyl/N-ethyl adjacent to an activating group) is 1. The molecular formula is C16H27NO2. The van der Waals surface area contributed by atoms with Crippen molar-refractivity contribution >= 4 is 0 Å². The lowest BCUT2D eigenvalue weighted by atomic mass is 10.1. The molecule has 0 amide bonds. The highest BCUT2D eigenvalue weighted by molar-refractivity contribution is 5.27. The van der Waals surface area contributed by atoms with Crippen molar-refractivity contribution in [3.63, 3.8) is 0 Å². The van der Waals surface area contributed by atoms with Crippen LogP contribution in [0, 0.1) is 0 Å². The van der Waals surface area contributed by atoms with Gasteiger partial charge in [0.05, 0.1) is 11.2 Å². The maximum Gasteiger partial charge on any atom is 0.118 e. The molecule has 1 rings (SSSR count). The maximum absolute atomic E-state index is 8.86. The fourth-order valence-corrected chi connectivity index (χ4v) is 2.28. The first kappa shape index (κ1) is 11.7. The van der Waals surface area contributed by atoms with E-state index in [9.17, 15) is 0 Å². The lowest BCUT2D eigenvalue weighted by Gasteiger charge is -2.28. The van der Waals surface area contributed by atoms with Crippen molar-refractivity contribution in [2.24, 2.45) is 0 Å². The van der Waals surface area contributed by atoms with E-state index in [1.165, 1.54) is 0 Å². The van der Waals surface area contributed by atoms with Crippen LogP contribution in [-0.2, 0) is 6.42 Å². The number of aliphatic hydroxyl groups is 1. The van der Waals surface area contributed by atoms with Crippen molar-refractivity contribution in [2.75, 3.05) is 26.7 Å². The van der Waals surface area contributed by atoms with E-state index in [4.69, 9.17) is 14.0 Å². The molecule has 1 aromatic rings. The zero-order chi connectivity index (χ0) is 16.6. The Balaban J connectivity index is 2.54. The first-order valence-electron chi connectivity index (χ1n) is 8.48. The van der Waals surface area contributed by atoms with Gasteiger partial charge in [0, 0.05) is 12.6 Å². The first-order chi connectivity index (χ1) is 10.4. The monoisotopic (exact) mass is 268 g/mol. The number of nitrogens with zero attached hydrogens (tertiary/aromatic N) is 1. The fraction of sp³-hybridized carbons (Fsp3) is 0.625. The quantitative estimate of drug-likeness (QED) is 0.699. The number of aliphatic hydroxyl groups excluding tert-OH is 1. The zero-order valence-electron chi connectivity index (χ0n) is 14.9. The summed E-state index contributed by atoms with van der Waals surface area (Å²) >= 11 is 0. The van der Waals surface area contributed by atoms with Crippen LogP contribution in [0.1, 0.15) is 36.4 Å². The highest BCUT2D eigenvalue weighted by atomic mass is 16.5. The van der Waals surface area contributed by atoms with Gasteiger partial charge in [-0.2, -0.15) is 0 Å². The number of ether oxygens (including phenoxy) is 1. The average molecular weight is 268 g/mol. The Morgan fingerprint density at radius 2 is 2.05 bits per heavy atom. The lowest BCUT2D eigenvalue weighted by Crippen LogP contribution is -2.35. The van der Waals surface area contributed by atoms with Crippen molar-refractivity contribution in [1.29, 1.82) is 0 Å². The van der Waals surface area contributed by atoms with E-state index in [-0.39, 0.29) is 6.61 Å². The molecule has 0 aliphatic rings. The Kier molecular flexibility index (Phi) is 5.53. The standard InChI is InChI=1S/C16H27NO2/c1-4-17(11-5-6-12-18)14(2)13-15-7-9-16(19-3)10-8-15/h7-10,14,18H,4-6,11-13H2,1-3H3/i3D3. The smallest absolute Gasteiger partial charge is 0.118 e. The second-order valence-electron chi connectivity index (χ2n) is 4.86. The first-order valence-corrected chi connectivity index (χ1v) is 6.98. The molecule has 0 aliphatic heterocycles. The summed E-state index contributed by atoms with van der Waals surface area (Å²) in [5.41, 5.74) is 1.16. The summed E-state index contributed by atoms with van der Waals surface area (Å²) in [7, 11) is -2.40. The SMILES string of the molecule is [2H]C([2H])([2H])Oc1ccc(CC(C)N(CC)CCCCO)cc1. The largest absolute Gasteiger partial charge is 0.497 e. The van der Waals surface area contributed by atoms with E-state index in [1.54, 1.807) is 12.1 Å². The highest BCUT2D eigenvalue weighted by Crippen LogP contribution is 2.14. The van der Waals surface area contributed by atoms with Gasteiger partial charge in [0.25, 0.3) is 0 Å². The van der Waals surface area contributed by atoms with E-state index in [0.29, 0.717) is 11.8 Å². The molecule has 19 heavy (non-hydrogen) atoms. The number of hydrogen-bond donors (Lipinski definition) is 1. The second kappa shape index (κ2) is 8.94. The van der Waals surface area contributed by atoms with Crippen molar-refractivity contribution in [3.8, 4) is 5.75 Å². The predicted molar refractivity (Wildman–Crippen MR) is 79.7 cm³/mol. The van der Waals surface area contributed by atoms with Gasteiger partial charge in [-0.1, -0.05) is 19.1 Å². The summed E-state index contributed by atoms with van der Waals surface area (Å²) < 4.78 is 26.1. The van der Waals surface area contributed by atoms with Crippen LogP contribution in [0.15, 0.2) is 24.3 Å². The maximum atomic E-state index is 8.86. The summed E-state index contributed by atoms with van der Waals surface area (Å²) in [5, 5.41) is 8.86. The van der Waals surface area contributed by atoms with Gasteiger partial charge in [-0.05, 0) is 57.0 Å². The van der Waals surface area contributed by atoms with E-state index in [2.05, 4.69) is 18.7 Å². The summed E-state index contributed by atoms with van der Waals surface area (Å²) in [6.45, 7) is 6.54. The molecule has 1 atom stereocenters. The van der Waals surface area contributed by atoms with Crippen molar-refractivity contribution in [3.05, 3.63) is 29.8 Å². The highest BCUT2D eigenvalue weighted by Gasteiger charge is 2.12. The summed E-state index contributed by atoms with van der Waals surface area (Å²) in [6, 6.07) is 7.64. The Hall–Kier alpha value is -1.06. The summed E-state index contributed by atoms with van der Waals surface area (Å²) in [5.74, 6) is 0.367. The van der Waals surface area contributed by atoms with Gasteiger partial charge in [-0.25, -0.2) is 0 Å². The van der Waals surface area contributed by atoms with Crippen LogP contribution in [0.2, 0.25) is 0 Å². The van der Waals surface area contributed by atoms with Crippen LogP contribution in [0.5, 0.6) is 5.75 Å². The predicted octanol–water partition coefficient (Wildman–Crippen LogP) is 2.72. The van der Waals surface area contributed by atoms with Crippen LogP contribution in [0.4, 0.5) is 0 Å². The normalized spacial score (nSPS) is 15.7. The molecule has 0 heterocycles. The van der Waals surface area contributed by atoms with Gasteiger partial charge in [0.2, 0.25) is 0 Å². The molecule has 0 aliphatic carbocycles. The van der Waals surface area contributed by atoms with Crippen molar-refractivity contribution in [2.45, 2.75) is 39.2 Å². The van der Waals surface area contributed by atoms with Crippen LogP contribution in [-0.4, -0.2) is 42.8 Å². The third-order valence-electron chi connectivity index (χ3n) is 3.46. The number of benzene rings is 1. The van der Waals surface area contributed by atoms with E-state index in [0.717, 1.165) is 37.9 Å². The van der Waals surface area contributed by atoms with Gasteiger partial charge in [-0.3, -0.25) is 0 Å². The summed E-state index contributed by atoms with van der Waals surface area (Å²) in [6.07, 6.45) is 2.74. The lowest BCUT2D eigenvalue weighted by molar-refractivity contribution is 0.203. The van der Waals surface area contributed by atoms with Gasteiger partial charge >= 0.3 is 0 Å². The van der Waals surface area contributed by atoms with E-state index in [1.807, 2.05) is 12.1 Å². The number of hydrogen-bond acceptors (Lipinski definition) is 3. The van der Waals surface area contributed by atoms with Crippen molar-refractivity contribution in [1.82, 2.24) is 4.90 Å². The molecule has 0 fully saturated rings. The molecule has 108 valence electrons. The molecule has 1 unspecified atom stereocenters. The Morgan fingerprint density at radius 3 is 2.63 bits per heavy atom. The molecule has 0 saturated carbocycles. The minimum atomic E-state index is -2.40.